The second kappa shape index (κ2) is 3.13. The largest absolute Gasteiger partial charge is 0.461 e. The molecule has 0 aliphatic carbocycles. The third kappa shape index (κ3) is 1.27. The van der Waals surface area contributed by atoms with E-state index in [-0.39, 0.29) is 0 Å². The topological polar surface area (TPSA) is 67.8 Å². The van der Waals surface area contributed by atoms with Crippen molar-refractivity contribution in [3.63, 3.8) is 0 Å². The summed E-state index contributed by atoms with van der Waals surface area (Å²) in [6.07, 6.45) is 1.66. The van der Waals surface area contributed by atoms with Crippen molar-refractivity contribution in [2.75, 3.05) is 5.73 Å². The quantitative estimate of drug-likeness (QED) is 0.611. The van der Waals surface area contributed by atoms with Crippen molar-refractivity contribution >= 4 is 16.7 Å². The second-order valence-electron chi connectivity index (χ2n) is 3.79. The molecule has 16 heavy (non-hydrogen) atoms. The predicted molar refractivity (Wildman–Crippen MR) is 62.9 cm³/mol. The summed E-state index contributed by atoms with van der Waals surface area (Å²) in [6.45, 7) is 1.99. The normalized spacial score (nSPS) is 11.1. The number of rotatable bonds is 1. The van der Waals surface area contributed by atoms with Crippen LogP contribution in [0, 0.1) is 6.92 Å². The van der Waals surface area contributed by atoms with Gasteiger partial charge in [0, 0.05) is 5.69 Å². The Balaban J connectivity index is 2.23. The summed E-state index contributed by atoms with van der Waals surface area (Å²) < 4.78 is 5.39. The lowest BCUT2D eigenvalue weighted by Crippen LogP contribution is -1.82. The van der Waals surface area contributed by atoms with E-state index in [1.54, 1.807) is 6.26 Å². The van der Waals surface area contributed by atoms with Gasteiger partial charge in [-0.15, -0.1) is 0 Å². The molecule has 4 heteroatoms. The van der Waals surface area contributed by atoms with Crippen molar-refractivity contribution in [3.8, 4) is 11.6 Å². The minimum atomic E-state index is 0.721. The zero-order valence-electron chi connectivity index (χ0n) is 8.82. The van der Waals surface area contributed by atoms with Gasteiger partial charge in [-0.25, -0.2) is 4.98 Å². The molecular formula is C12H11N3O. The Bertz CT molecular complexity index is 651. The molecule has 0 unspecified atom stereocenters. The first-order chi connectivity index (χ1) is 7.74. The predicted octanol–water partition coefficient (Wildman–Crippen LogP) is 2.71. The summed E-state index contributed by atoms with van der Waals surface area (Å²) in [6, 6.07) is 7.51. The Hall–Kier alpha value is -2.23. The van der Waals surface area contributed by atoms with Gasteiger partial charge >= 0.3 is 0 Å². The molecule has 3 rings (SSSR count). The van der Waals surface area contributed by atoms with Crippen molar-refractivity contribution < 1.29 is 4.42 Å². The molecule has 2 aromatic heterocycles. The van der Waals surface area contributed by atoms with E-state index in [1.807, 2.05) is 31.2 Å². The van der Waals surface area contributed by atoms with Gasteiger partial charge < -0.3 is 15.1 Å². The fourth-order valence-electron chi connectivity index (χ4n) is 1.75. The summed E-state index contributed by atoms with van der Waals surface area (Å²) >= 11 is 0. The van der Waals surface area contributed by atoms with Crippen molar-refractivity contribution in [1.29, 1.82) is 0 Å². The van der Waals surface area contributed by atoms with Gasteiger partial charge in [0.25, 0.3) is 0 Å². The van der Waals surface area contributed by atoms with Gasteiger partial charge in [-0.2, -0.15) is 0 Å². The number of fused-ring (bicyclic) bond motifs is 1. The minimum absolute atomic E-state index is 0.721. The number of hydrogen-bond donors (Lipinski definition) is 2. The van der Waals surface area contributed by atoms with Gasteiger partial charge in [-0.3, -0.25) is 0 Å². The zero-order chi connectivity index (χ0) is 11.1. The lowest BCUT2D eigenvalue weighted by atomic mass is 10.3. The molecule has 0 aliphatic heterocycles. The Morgan fingerprint density at radius 1 is 1.31 bits per heavy atom. The molecule has 3 aromatic rings. The lowest BCUT2D eigenvalue weighted by Gasteiger charge is -1.91. The number of furan rings is 1. The fraction of sp³-hybridized carbons (Fsp3) is 0.0833. The highest BCUT2D eigenvalue weighted by atomic mass is 16.3. The Morgan fingerprint density at radius 3 is 2.94 bits per heavy atom. The molecule has 0 bridgehead atoms. The van der Waals surface area contributed by atoms with Crippen LogP contribution in [-0.4, -0.2) is 9.97 Å². The standard InChI is InChI=1S/C12H11N3O/c1-7-4-5-16-11(7)12-14-9-3-2-8(13)6-10(9)15-12/h2-6H,13H2,1H3,(H,14,15). The highest BCUT2D eigenvalue weighted by Crippen LogP contribution is 2.24. The number of nitrogens with one attached hydrogen (secondary N) is 1. The highest BCUT2D eigenvalue weighted by molar-refractivity contribution is 5.81. The molecule has 1 aromatic carbocycles. The van der Waals surface area contributed by atoms with Gasteiger partial charge in [0.1, 0.15) is 0 Å². The van der Waals surface area contributed by atoms with E-state index in [0.717, 1.165) is 33.9 Å². The number of benzene rings is 1. The lowest BCUT2D eigenvalue weighted by molar-refractivity contribution is 0.577. The first-order valence-electron chi connectivity index (χ1n) is 5.04. The van der Waals surface area contributed by atoms with Crippen LogP contribution in [0.4, 0.5) is 5.69 Å². The molecule has 0 saturated heterocycles. The molecule has 0 atom stereocenters. The molecule has 0 spiro atoms. The molecule has 0 aliphatic rings. The number of hydrogen-bond acceptors (Lipinski definition) is 3. The summed E-state index contributed by atoms with van der Waals surface area (Å²) in [4.78, 5) is 7.65. The maximum absolute atomic E-state index is 5.71. The van der Waals surface area contributed by atoms with E-state index in [2.05, 4.69) is 9.97 Å². The maximum Gasteiger partial charge on any atom is 0.174 e. The molecule has 0 saturated carbocycles. The average molecular weight is 213 g/mol. The number of nitrogens with zero attached hydrogens (tertiary/aromatic N) is 1. The fourth-order valence-corrected chi connectivity index (χ4v) is 1.75. The van der Waals surface area contributed by atoms with Crippen LogP contribution >= 0.6 is 0 Å². The van der Waals surface area contributed by atoms with Crippen LogP contribution in [-0.2, 0) is 0 Å². The van der Waals surface area contributed by atoms with E-state index in [1.165, 1.54) is 0 Å². The third-order valence-corrected chi connectivity index (χ3v) is 2.58. The Morgan fingerprint density at radius 2 is 2.19 bits per heavy atom. The molecule has 4 nitrogen and oxygen atoms in total. The van der Waals surface area contributed by atoms with Crippen molar-refractivity contribution in [2.24, 2.45) is 0 Å². The van der Waals surface area contributed by atoms with Crippen LogP contribution in [0.15, 0.2) is 34.9 Å². The van der Waals surface area contributed by atoms with Crippen LogP contribution in [0.3, 0.4) is 0 Å². The summed E-state index contributed by atoms with van der Waals surface area (Å²) in [5, 5.41) is 0. The van der Waals surface area contributed by atoms with E-state index < -0.39 is 0 Å². The summed E-state index contributed by atoms with van der Waals surface area (Å²) in [5.74, 6) is 1.51. The van der Waals surface area contributed by atoms with Gasteiger partial charge in [0.15, 0.2) is 11.6 Å². The summed E-state index contributed by atoms with van der Waals surface area (Å²) in [5.41, 5.74) is 9.30. The SMILES string of the molecule is Cc1ccoc1-c1nc2ccc(N)cc2[nH]1. The Kier molecular flexibility index (Phi) is 1.77. The number of nitrogens with two attached hydrogens (primary N) is 1. The van der Waals surface area contributed by atoms with Crippen LogP contribution < -0.4 is 5.73 Å². The number of aromatic nitrogens is 2. The number of H-pyrrole nitrogens is 1. The van der Waals surface area contributed by atoms with Crippen LogP contribution in [0.25, 0.3) is 22.6 Å². The first-order valence-corrected chi connectivity index (χ1v) is 5.04. The van der Waals surface area contributed by atoms with Crippen molar-refractivity contribution in [2.45, 2.75) is 6.92 Å². The van der Waals surface area contributed by atoms with E-state index in [4.69, 9.17) is 10.2 Å². The van der Waals surface area contributed by atoms with Gasteiger partial charge in [0.2, 0.25) is 0 Å². The highest BCUT2D eigenvalue weighted by Gasteiger charge is 2.10. The van der Waals surface area contributed by atoms with Crippen molar-refractivity contribution in [1.82, 2.24) is 9.97 Å². The minimum Gasteiger partial charge on any atom is -0.461 e. The third-order valence-electron chi connectivity index (χ3n) is 2.58. The first kappa shape index (κ1) is 9.03. The van der Waals surface area contributed by atoms with Crippen LogP contribution in [0.2, 0.25) is 0 Å². The zero-order valence-corrected chi connectivity index (χ0v) is 8.82. The van der Waals surface area contributed by atoms with Gasteiger partial charge in [-0.05, 0) is 36.8 Å². The maximum atomic E-state index is 5.71. The smallest absolute Gasteiger partial charge is 0.174 e. The Labute approximate surface area is 92.1 Å². The van der Waals surface area contributed by atoms with E-state index >= 15 is 0 Å². The molecule has 2 heterocycles. The number of aromatic amines is 1. The van der Waals surface area contributed by atoms with Gasteiger partial charge in [0.05, 0.1) is 17.3 Å². The molecule has 3 N–H and O–H groups in total. The number of aryl methyl sites for hydroxylation is 1. The number of imidazole rings is 1. The van der Waals surface area contributed by atoms with E-state index in [0.29, 0.717) is 0 Å². The summed E-state index contributed by atoms with van der Waals surface area (Å²) in [7, 11) is 0. The number of nitrogen functional groups attached to an aromatic ring is 1. The average Bonchev–Trinajstić information content (AvgIpc) is 2.82. The van der Waals surface area contributed by atoms with Crippen molar-refractivity contribution in [3.05, 3.63) is 36.1 Å². The molecule has 0 amide bonds. The molecule has 0 fully saturated rings. The molecule has 80 valence electrons. The van der Waals surface area contributed by atoms with Crippen LogP contribution in [0.1, 0.15) is 5.56 Å². The molecule has 0 radical (unpaired) electrons. The molecular weight excluding hydrogens is 202 g/mol. The van der Waals surface area contributed by atoms with Crippen LogP contribution in [0.5, 0.6) is 0 Å². The monoisotopic (exact) mass is 213 g/mol. The van der Waals surface area contributed by atoms with E-state index in [9.17, 15) is 0 Å². The number of anilines is 1. The second-order valence-corrected chi connectivity index (χ2v) is 3.79. The van der Waals surface area contributed by atoms with Gasteiger partial charge in [-0.1, -0.05) is 0 Å².